The Hall–Kier alpha value is -2.42. The first-order chi connectivity index (χ1) is 12.6. The standard InChI is InChI=1S/C21H20N2O2S/c22-16-21-14-8-7-11-18(21)15-23(20(21)17-9-3-1-4-10-17)26(24,25)19-12-5-2-6-13-19/h1-7,9-13,18,20H,8,14-15H2/t18-,20+,21-/m1/s1. The lowest BCUT2D eigenvalue weighted by molar-refractivity contribution is 0.235. The minimum Gasteiger partial charge on any atom is -0.207 e. The zero-order chi connectivity index (χ0) is 18.2. The van der Waals surface area contributed by atoms with Gasteiger partial charge in [0.1, 0.15) is 0 Å². The van der Waals surface area contributed by atoms with Crippen LogP contribution in [-0.4, -0.2) is 19.3 Å². The Morgan fingerprint density at radius 1 is 1.04 bits per heavy atom. The van der Waals surface area contributed by atoms with Gasteiger partial charge in [-0.2, -0.15) is 9.57 Å². The molecular weight excluding hydrogens is 344 g/mol. The number of nitriles is 1. The molecule has 1 aliphatic heterocycles. The molecule has 0 amide bonds. The van der Waals surface area contributed by atoms with Gasteiger partial charge in [0, 0.05) is 12.5 Å². The summed E-state index contributed by atoms with van der Waals surface area (Å²) >= 11 is 0. The Kier molecular flexibility index (Phi) is 4.18. The van der Waals surface area contributed by atoms with Crippen molar-refractivity contribution in [3.05, 3.63) is 78.4 Å². The highest BCUT2D eigenvalue weighted by atomic mass is 32.2. The van der Waals surface area contributed by atoms with E-state index in [1.807, 2.05) is 36.4 Å². The van der Waals surface area contributed by atoms with E-state index in [9.17, 15) is 13.7 Å². The monoisotopic (exact) mass is 364 g/mol. The summed E-state index contributed by atoms with van der Waals surface area (Å²) in [6.45, 7) is 0.334. The largest absolute Gasteiger partial charge is 0.243 e. The second-order valence-corrected chi connectivity index (χ2v) is 8.82. The molecule has 1 fully saturated rings. The molecule has 1 saturated heterocycles. The maximum Gasteiger partial charge on any atom is 0.243 e. The highest BCUT2D eigenvalue weighted by molar-refractivity contribution is 7.89. The Morgan fingerprint density at radius 2 is 1.69 bits per heavy atom. The number of sulfonamides is 1. The van der Waals surface area contributed by atoms with Crippen LogP contribution in [0.2, 0.25) is 0 Å². The fourth-order valence-electron chi connectivity index (χ4n) is 4.32. The summed E-state index contributed by atoms with van der Waals surface area (Å²) in [7, 11) is -3.69. The van der Waals surface area contributed by atoms with Crippen molar-refractivity contribution in [3.8, 4) is 6.07 Å². The zero-order valence-electron chi connectivity index (χ0n) is 14.3. The van der Waals surface area contributed by atoms with Crippen LogP contribution in [0.1, 0.15) is 24.4 Å². The Labute approximate surface area is 154 Å². The summed E-state index contributed by atoms with van der Waals surface area (Å²) in [4.78, 5) is 0.275. The number of fused-ring (bicyclic) bond motifs is 1. The second-order valence-electron chi connectivity index (χ2n) is 6.93. The van der Waals surface area contributed by atoms with Gasteiger partial charge in [-0.15, -0.1) is 0 Å². The van der Waals surface area contributed by atoms with Gasteiger partial charge in [0.15, 0.2) is 0 Å². The van der Waals surface area contributed by atoms with Gasteiger partial charge in [0.25, 0.3) is 0 Å². The maximum absolute atomic E-state index is 13.4. The molecule has 0 bridgehead atoms. The Balaban J connectivity index is 1.89. The summed E-state index contributed by atoms with van der Waals surface area (Å²) in [5.74, 6) is -0.0926. The van der Waals surface area contributed by atoms with Crippen molar-refractivity contribution in [1.29, 1.82) is 5.26 Å². The van der Waals surface area contributed by atoms with E-state index >= 15 is 0 Å². The van der Waals surface area contributed by atoms with Gasteiger partial charge in [-0.1, -0.05) is 60.7 Å². The highest BCUT2D eigenvalue weighted by Gasteiger charge is 2.58. The van der Waals surface area contributed by atoms with Crippen molar-refractivity contribution in [2.24, 2.45) is 11.3 Å². The number of hydrogen-bond donors (Lipinski definition) is 0. The van der Waals surface area contributed by atoms with Crippen LogP contribution in [0.3, 0.4) is 0 Å². The third-order valence-electron chi connectivity index (χ3n) is 5.58. The molecule has 2 aromatic carbocycles. The van der Waals surface area contributed by atoms with Crippen molar-refractivity contribution >= 4 is 10.0 Å². The van der Waals surface area contributed by atoms with Crippen molar-refractivity contribution < 1.29 is 8.42 Å². The molecule has 1 heterocycles. The van der Waals surface area contributed by atoms with Crippen LogP contribution in [0, 0.1) is 22.7 Å². The normalized spacial score (nSPS) is 28.4. The van der Waals surface area contributed by atoms with Gasteiger partial charge in [-0.05, 0) is 30.5 Å². The third kappa shape index (κ3) is 2.49. The SMILES string of the molecule is N#C[C@]12CCC=C[C@@H]1CN(S(=O)(=O)c1ccccc1)[C@H]2c1ccccc1. The zero-order valence-corrected chi connectivity index (χ0v) is 15.1. The van der Waals surface area contributed by atoms with E-state index in [2.05, 4.69) is 12.1 Å². The molecule has 3 atom stereocenters. The van der Waals surface area contributed by atoms with Crippen LogP contribution >= 0.6 is 0 Å². The summed E-state index contributed by atoms with van der Waals surface area (Å²) in [5.41, 5.74) is 0.157. The van der Waals surface area contributed by atoms with Gasteiger partial charge in [-0.3, -0.25) is 0 Å². The van der Waals surface area contributed by atoms with Gasteiger partial charge in [-0.25, -0.2) is 8.42 Å². The Morgan fingerprint density at radius 3 is 2.35 bits per heavy atom. The van der Waals surface area contributed by atoms with E-state index in [1.54, 1.807) is 34.6 Å². The van der Waals surface area contributed by atoms with E-state index in [0.717, 1.165) is 12.0 Å². The van der Waals surface area contributed by atoms with E-state index in [4.69, 9.17) is 0 Å². The lowest BCUT2D eigenvalue weighted by Gasteiger charge is -2.36. The number of allylic oxidation sites excluding steroid dienone is 1. The van der Waals surface area contributed by atoms with Crippen LogP contribution in [0.5, 0.6) is 0 Å². The molecule has 0 spiro atoms. The number of nitrogens with zero attached hydrogens (tertiary/aromatic N) is 2. The number of rotatable bonds is 3. The molecule has 2 aromatic rings. The second kappa shape index (κ2) is 6.39. The van der Waals surface area contributed by atoms with Crippen LogP contribution < -0.4 is 0 Å². The number of benzene rings is 2. The molecule has 2 aliphatic rings. The first kappa shape index (κ1) is 17.0. The summed E-state index contributed by atoms with van der Waals surface area (Å²) in [6, 6.07) is 20.1. The molecule has 0 radical (unpaired) electrons. The van der Waals surface area contributed by atoms with E-state index in [1.165, 1.54) is 0 Å². The van der Waals surface area contributed by atoms with Crippen LogP contribution in [-0.2, 0) is 10.0 Å². The molecule has 0 aromatic heterocycles. The molecule has 4 nitrogen and oxygen atoms in total. The topological polar surface area (TPSA) is 61.2 Å². The maximum atomic E-state index is 13.4. The van der Waals surface area contributed by atoms with E-state index in [-0.39, 0.29) is 10.8 Å². The summed E-state index contributed by atoms with van der Waals surface area (Å²) in [5, 5.41) is 10.1. The van der Waals surface area contributed by atoms with Gasteiger partial charge in [0.05, 0.1) is 22.4 Å². The van der Waals surface area contributed by atoms with Crippen molar-refractivity contribution in [2.45, 2.75) is 23.8 Å². The smallest absolute Gasteiger partial charge is 0.207 e. The van der Waals surface area contributed by atoms with Crippen LogP contribution in [0.25, 0.3) is 0 Å². The minimum atomic E-state index is -3.69. The molecule has 132 valence electrons. The van der Waals surface area contributed by atoms with Crippen LogP contribution in [0.4, 0.5) is 0 Å². The average Bonchev–Trinajstić information content (AvgIpc) is 3.06. The molecule has 4 rings (SSSR count). The van der Waals surface area contributed by atoms with Crippen molar-refractivity contribution in [3.63, 3.8) is 0 Å². The van der Waals surface area contributed by atoms with Crippen LogP contribution in [0.15, 0.2) is 77.7 Å². The Bertz CT molecular complexity index is 964. The first-order valence-electron chi connectivity index (χ1n) is 8.79. The van der Waals surface area contributed by atoms with E-state index in [0.29, 0.717) is 13.0 Å². The van der Waals surface area contributed by atoms with Crippen molar-refractivity contribution in [1.82, 2.24) is 4.31 Å². The minimum absolute atomic E-state index is 0.0926. The number of hydrogen-bond acceptors (Lipinski definition) is 3. The molecule has 26 heavy (non-hydrogen) atoms. The van der Waals surface area contributed by atoms with Gasteiger partial charge < -0.3 is 0 Å². The summed E-state index contributed by atoms with van der Waals surface area (Å²) in [6.07, 6.45) is 5.57. The fourth-order valence-corrected chi connectivity index (χ4v) is 6.04. The molecule has 1 aliphatic carbocycles. The third-order valence-corrected chi connectivity index (χ3v) is 7.43. The quantitative estimate of drug-likeness (QED) is 0.776. The summed E-state index contributed by atoms with van der Waals surface area (Å²) < 4.78 is 28.4. The average molecular weight is 364 g/mol. The molecule has 0 N–H and O–H groups in total. The van der Waals surface area contributed by atoms with Crippen molar-refractivity contribution in [2.75, 3.05) is 6.54 Å². The fraction of sp³-hybridized carbons (Fsp3) is 0.286. The predicted molar refractivity (Wildman–Crippen MR) is 99.4 cm³/mol. The molecule has 5 heteroatoms. The molecule has 0 unspecified atom stereocenters. The first-order valence-corrected chi connectivity index (χ1v) is 10.2. The molecular formula is C21H20N2O2S. The van der Waals surface area contributed by atoms with Gasteiger partial charge in [0.2, 0.25) is 10.0 Å². The predicted octanol–water partition coefficient (Wildman–Crippen LogP) is 3.91. The lowest BCUT2D eigenvalue weighted by Crippen LogP contribution is -2.36. The highest BCUT2D eigenvalue weighted by Crippen LogP contribution is 2.56. The van der Waals surface area contributed by atoms with Gasteiger partial charge >= 0.3 is 0 Å². The molecule has 0 saturated carbocycles. The lowest BCUT2D eigenvalue weighted by atomic mass is 9.67. The van der Waals surface area contributed by atoms with E-state index < -0.39 is 21.5 Å².